The molecule has 0 saturated carbocycles. The number of amides is 8. The van der Waals surface area contributed by atoms with Crippen LogP contribution in [0.5, 0.6) is 0 Å². The number of benzene rings is 4. The molecule has 7 aliphatic rings. The molecule has 1 unspecified atom stereocenters. The topological polar surface area (TPSA) is 409 Å². The highest BCUT2D eigenvalue weighted by atomic mass is 35.5. The smallest absolute Gasteiger partial charge is 0.261 e. The summed E-state index contributed by atoms with van der Waals surface area (Å²) in [7, 11) is 3.89. The van der Waals surface area contributed by atoms with Crippen LogP contribution in [-0.4, -0.2) is 251 Å². The molecule has 12 aromatic rings. The second-order valence-corrected chi connectivity index (χ2v) is 31.6. The van der Waals surface area contributed by atoms with Gasteiger partial charge in [0.1, 0.15) is 45.6 Å². The summed E-state index contributed by atoms with van der Waals surface area (Å²) in [6.45, 7) is 12.4. The number of likely N-dealkylation sites (tertiary alicyclic amines) is 3. The van der Waals surface area contributed by atoms with Crippen molar-refractivity contribution in [3.63, 3.8) is 0 Å². The molecule has 36 heteroatoms. The minimum Gasteiger partial charge on any atom is -0.338 e. The number of hydrogen-bond acceptors (Lipinski definition) is 20. The van der Waals surface area contributed by atoms with Gasteiger partial charge in [-0.25, -0.2) is 19.9 Å². The number of hydrogen-bond donors (Lipinski definition) is 8. The standard InChI is InChI=1S/C22H22ClN5O3.C21H20ClN5O3.C20H18ClN5O3.C19H18ClN5O3/c23-15-5-6-24-20(29)18(15)19-25-16-11-13-14(12-17(16)26-19)22(31)28(21(13)30)10-4-3-9-27-7-1-2-8-27;1-2-26-7-3-4-11(26)10-27-20(29)12-8-15-16(9-13(12)21(27)30)25-18(24-15)17-14(22)5-6-23-19(17)28;21-13-3-4-22-18(27)16(13)17-23-14-9-11-12(10-15(14)24-17)20(29)26(19(11)28)8-7-25-5-1-2-6-25;1-24(2)6-3-7-25-18(27)10-8-13-14(9-11(10)19(25)28)23-16(22-13)15-12(20)4-5-21-17(15)26/h5-6,11-12H,1-4,7-10H2,(H,24,29)(H,25,26);5-6,8-9,11H,2-4,7,10H2,1H3,(H,23,28)(H,24,25);3-4,9-10H,1-2,5-8H2,(H,22,27)(H,23,24);4-5,8-9H,3,6-7H2,1-2H3,(H,21,26)(H,22,23). The minimum atomic E-state index is -0.377. The van der Waals surface area contributed by atoms with Crippen LogP contribution in [0.15, 0.2) is 117 Å². The fourth-order valence-electron chi connectivity index (χ4n) is 16.3. The van der Waals surface area contributed by atoms with Crippen molar-refractivity contribution in [3.8, 4) is 45.6 Å². The number of halogens is 4. The maximum absolute atomic E-state index is 13.0. The molecule has 118 heavy (non-hydrogen) atoms. The molecule has 606 valence electrons. The summed E-state index contributed by atoms with van der Waals surface area (Å²) in [6, 6.07) is 19.4. The Labute approximate surface area is 690 Å². The average Bonchev–Trinajstić information content (AvgIpc) is 1.61. The van der Waals surface area contributed by atoms with Gasteiger partial charge < -0.3 is 54.6 Å². The van der Waals surface area contributed by atoms with E-state index in [-0.39, 0.29) is 124 Å². The third-order valence-corrected chi connectivity index (χ3v) is 23.6. The number of carbonyl (C=O) groups is 8. The Morgan fingerprint density at radius 2 is 0.661 bits per heavy atom. The molecule has 15 heterocycles. The monoisotopic (exact) mass is 1670 g/mol. The number of pyridine rings is 4. The van der Waals surface area contributed by atoms with Crippen LogP contribution < -0.4 is 22.2 Å². The second-order valence-electron chi connectivity index (χ2n) is 30.0. The zero-order valence-electron chi connectivity index (χ0n) is 64.1. The van der Waals surface area contributed by atoms with Gasteiger partial charge in [-0.05, 0) is 197 Å². The maximum atomic E-state index is 13.0. The van der Waals surface area contributed by atoms with Gasteiger partial charge in [0.05, 0.1) is 109 Å². The molecule has 32 nitrogen and oxygen atoms in total. The van der Waals surface area contributed by atoms with Crippen molar-refractivity contribution < 1.29 is 38.4 Å². The molecule has 0 radical (unpaired) electrons. The quantitative estimate of drug-likeness (QED) is 0.0275. The van der Waals surface area contributed by atoms with Gasteiger partial charge in [-0.3, -0.25) is 82.0 Å². The fourth-order valence-corrected chi connectivity index (χ4v) is 17.2. The lowest BCUT2D eigenvalue weighted by Gasteiger charge is -2.26. The summed E-state index contributed by atoms with van der Waals surface area (Å²) in [5.41, 5.74) is 6.43. The fraction of sp³-hybridized carbons (Fsp3) is 0.317. The first-order valence-electron chi connectivity index (χ1n) is 38.8. The van der Waals surface area contributed by atoms with Gasteiger partial charge in [0, 0.05) is 63.6 Å². The minimum absolute atomic E-state index is 0.207. The predicted molar refractivity (Wildman–Crippen MR) is 444 cm³/mol. The third kappa shape index (κ3) is 15.4. The summed E-state index contributed by atoms with van der Waals surface area (Å²) in [6.07, 6.45) is 15.2. The van der Waals surface area contributed by atoms with Gasteiger partial charge in [-0.15, -0.1) is 0 Å². The highest BCUT2D eigenvalue weighted by Gasteiger charge is 2.42. The van der Waals surface area contributed by atoms with Crippen LogP contribution in [0, 0.1) is 0 Å². The molecule has 1 atom stereocenters. The van der Waals surface area contributed by atoms with Crippen LogP contribution in [0.25, 0.3) is 89.7 Å². The Morgan fingerprint density at radius 3 is 0.983 bits per heavy atom. The average molecular weight is 1680 g/mol. The predicted octanol–water partition coefficient (Wildman–Crippen LogP) is 10.1. The number of likely N-dealkylation sites (N-methyl/N-ethyl adjacent to an activating group) is 1. The SMILES string of the molecule is CCN1CCCC1CN1C(=O)c2cc3nc(-c4c(Cl)cc[nH]c4=O)[nH]c3cc2C1=O.CN(C)CCCN1C(=O)c2cc3nc(-c4c(Cl)cc[nH]c4=O)[nH]c3cc2C1=O.O=C1c2cc3nc(-c4c(Cl)cc[nH]c4=O)[nH]c3cc2C(=O)N1CCCCN1CCCC1.O=C1c2cc3nc(-c4c(Cl)cc[nH]c4=O)[nH]c3cc2C(=O)N1CCN1CCCC1. The number of imide groups is 4. The van der Waals surface area contributed by atoms with E-state index in [1.807, 2.05) is 19.0 Å². The molecule has 8 aromatic heterocycles. The Morgan fingerprint density at radius 1 is 0.364 bits per heavy atom. The van der Waals surface area contributed by atoms with Gasteiger partial charge in [0.25, 0.3) is 69.5 Å². The van der Waals surface area contributed by atoms with Crippen molar-refractivity contribution in [1.29, 1.82) is 0 Å². The first-order chi connectivity index (χ1) is 56.9. The third-order valence-electron chi connectivity index (χ3n) is 22.3. The van der Waals surface area contributed by atoms with E-state index in [1.165, 1.54) is 57.2 Å². The zero-order valence-corrected chi connectivity index (χ0v) is 67.2. The normalized spacial score (nSPS) is 16.7. The Bertz CT molecular complexity index is 6170. The highest BCUT2D eigenvalue weighted by molar-refractivity contribution is 6.35. The van der Waals surface area contributed by atoms with E-state index in [4.69, 9.17) is 46.4 Å². The van der Waals surface area contributed by atoms with Crippen LogP contribution in [0.1, 0.15) is 148 Å². The molecular weight excluding hydrogens is 1600 g/mol. The number of nitrogens with zero attached hydrogens (tertiary/aromatic N) is 12. The number of imidazole rings is 4. The molecular formula is C82H78Cl4N20O12. The molecule has 8 amide bonds. The summed E-state index contributed by atoms with van der Waals surface area (Å²) in [5.74, 6) is -1.21. The molecule has 19 rings (SSSR count). The van der Waals surface area contributed by atoms with Crippen molar-refractivity contribution >= 4 is 138 Å². The van der Waals surface area contributed by atoms with Gasteiger partial charge in [0.2, 0.25) is 0 Å². The van der Waals surface area contributed by atoms with E-state index < -0.39 is 0 Å². The van der Waals surface area contributed by atoms with Crippen molar-refractivity contribution in [2.75, 3.05) is 99.2 Å². The van der Waals surface area contributed by atoms with Crippen LogP contribution in [0.2, 0.25) is 20.1 Å². The van der Waals surface area contributed by atoms with Crippen LogP contribution >= 0.6 is 46.4 Å². The number of unbranched alkanes of at least 4 members (excludes halogenated alkanes) is 1. The number of nitrogens with one attached hydrogen (secondary N) is 8. The van der Waals surface area contributed by atoms with Crippen molar-refractivity contribution in [3.05, 3.63) is 204 Å². The van der Waals surface area contributed by atoms with E-state index in [0.29, 0.717) is 145 Å². The molecule has 0 spiro atoms. The summed E-state index contributed by atoms with van der Waals surface area (Å²) in [4.78, 5) is 206. The maximum Gasteiger partial charge on any atom is 0.261 e. The molecule has 8 N–H and O–H groups in total. The Hall–Kier alpha value is -11.9. The number of rotatable bonds is 19. The lowest BCUT2D eigenvalue weighted by molar-refractivity contribution is 0.0603. The van der Waals surface area contributed by atoms with Crippen molar-refractivity contribution in [1.82, 2.24) is 99.0 Å². The lowest BCUT2D eigenvalue weighted by atomic mass is 10.1. The van der Waals surface area contributed by atoms with Gasteiger partial charge >= 0.3 is 0 Å². The van der Waals surface area contributed by atoms with E-state index in [0.717, 1.165) is 90.9 Å². The van der Waals surface area contributed by atoms with E-state index in [9.17, 15) is 57.5 Å². The van der Waals surface area contributed by atoms with Crippen molar-refractivity contribution in [2.45, 2.75) is 70.8 Å². The number of aromatic nitrogens is 12. The van der Waals surface area contributed by atoms with E-state index >= 15 is 0 Å². The number of H-pyrrole nitrogens is 8. The molecule has 7 aliphatic heterocycles. The molecule has 0 bridgehead atoms. The largest absolute Gasteiger partial charge is 0.338 e. The van der Waals surface area contributed by atoms with Gasteiger partial charge in [0.15, 0.2) is 0 Å². The molecule has 4 aromatic carbocycles. The van der Waals surface area contributed by atoms with Crippen LogP contribution in [0.3, 0.4) is 0 Å². The Balaban J connectivity index is 0.000000118. The molecule has 0 aliphatic carbocycles. The van der Waals surface area contributed by atoms with Gasteiger partial charge in [-0.1, -0.05) is 53.3 Å². The second kappa shape index (κ2) is 33.3. The van der Waals surface area contributed by atoms with Crippen molar-refractivity contribution in [2.24, 2.45) is 0 Å². The summed E-state index contributed by atoms with van der Waals surface area (Å²) in [5, 5.41) is 1.05. The summed E-state index contributed by atoms with van der Waals surface area (Å²) < 4.78 is 0. The van der Waals surface area contributed by atoms with E-state index in [1.54, 1.807) is 72.8 Å². The highest BCUT2D eigenvalue weighted by Crippen LogP contribution is 2.37. The van der Waals surface area contributed by atoms with Gasteiger partial charge in [-0.2, -0.15) is 0 Å². The number of carbonyl (C=O) groups excluding carboxylic acids is 8. The number of fused-ring (bicyclic) bond motifs is 8. The van der Waals surface area contributed by atoms with Crippen LogP contribution in [0.4, 0.5) is 0 Å². The first kappa shape index (κ1) is 79.9. The lowest BCUT2D eigenvalue weighted by Crippen LogP contribution is -2.42. The van der Waals surface area contributed by atoms with Crippen LogP contribution in [-0.2, 0) is 0 Å². The number of aromatic amines is 8. The first-order valence-corrected chi connectivity index (χ1v) is 40.3. The van der Waals surface area contributed by atoms with E-state index in [2.05, 4.69) is 81.4 Å². The zero-order chi connectivity index (χ0) is 82.6. The summed E-state index contributed by atoms with van der Waals surface area (Å²) >= 11 is 24.6. The molecule has 3 fully saturated rings. The Kier molecular flexibility index (Phi) is 22.5. The molecule has 3 saturated heterocycles.